The Labute approximate surface area is 191 Å². The van der Waals surface area contributed by atoms with E-state index in [4.69, 9.17) is 4.74 Å². The van der Waals surface area contributed by atoms with Crippen molar-refractivity contribution >= 4 is 33.0 Å². The number of hydrogen-bond acceptors (Lipinski definition) is 6. The number of hydrogen-bond donors (Lipinski definition) is 1. The molecule has 172 valence electrons. The highest BCUT2D eigenvalue weighted by molar-refractivity contribution is 7.92. The fraction of sp³-hybridized carbons (Fsp3) is 0.174. The number of nitro groups is 1. The van der Waals surface area contributed by atoms with Crippen LogP contribution >= 0.6 is 0 Å². The molecule has 3 aromatic rings. The highest BCUT2D eigenvalue weighted by Crippen LogP contribution is 2.30. The third-order valence-corrected chi connectivity index (χ3v) is 6.85. The van der Waals surface area contributed by atoms with Crippen LogP contribution in [0.3, 0.4) is 0 Å². The maximum Gasteiger partial charge on any atom is 0.271 e. The van der Waals surface area contributed by atoms with Crippen molar-refractivity contribution in [3.63, 3.8) is 0 Å². The molecule has 0 atom stereocenters. The minimum atomic E-state index is -4.08. The van der Waals surface area contributed by atoms with Crippen molar-refractivity contribution in [1.29, 1.82) is 0 Å². The topological polar surface area (TPSA) is 119 Å². The molecule has 0 spiro atoms. The summed E-state index contributed by atoms with van der Waals surface area (Å²) in [6.45, 7) is 3.20. The van der Waals surface area contributed by atoms with Crippen LogP contribution in [0.5, 0.6) is 5.75 Å². The van der Waals surface area contributed by atoms with Crippen LogP contribution in [0.4, 0.5) is 17.1 Å². The smallest absolute Gasteiger partial charge is 0.271 e. The summed E-state index contributed by atoms with van der Waals surface area (Å²) in [5.74, 6) is -0.482. The Hall–Kier alpha value is -3.92. The van der Waals surface area contributed by atoms with Crippen LogP contribution in [0.25, 0.3) is 0 Å². The number of carbonyl (C=O) groups is 1. The van der Waals surface area contributed by atoms with Gasteiger partial charge in [0.05, 0.1) is 28.3 Å². The SMILES string of the molecule is COc1ccc([N+](=O)[O-])cc1NC(=O)CN(c1ccc(C)c(C)c1)S(=O)(=O)c1ccccc1. The summed E-state index contributed by atoms with van der Waals surface area (Å²) in [7, 11) is -2.72. The van der Waals surface area contributed by atoms with Gasteiger partial charge in [0.15, 0.2) is 0 Å². The van der Waals surface area contributed by atoms with Crippen LogP contribution in [0.1, 0.15) is 11.1 Å². The number of nitro benzene ring substituents is 1. The fourth-order valence-corrected chi connectivity index (χ4v) is 4.58. The summed E-state index contributed by atoms with van der Waals surface area (Å²) in [5.41, 5.74) is 1.98. The molecular weight excluding hydrogens is 446 g/mol. The van der Waals surface area contributed by atoms with Gasteiger partial charge < -0.3 is 10.1 Å². The van der Waals surface area contributed by atoms with E-state index in [1.807, 2.05) is 13.8 Å². The zero-order chi connectivity index (χ0) is 24.2. The Morgan fingerprint density at radius 1 is 1.03 bits per heavy atom. The Kier molecular flexibility index (Phi) is 6.98. The number of ether oxygens (including phenoxy) is 1. The van der Waals surface area contributed by atoms with Gasteiger partial charge in [-0.25, -0.2) is 8.42 Å². The molecule has 0 unspecified atom stereocenters. The van der Waals surface area contributed by atoms with E-state index in [1.54, 1.807) is 36.4 Å². The van der Waals surface area contributed by atoms with Crippen LogP contribution in [0.2, 0.25) is 0 Å². The Morgan fingerprint density at radius 2 is 1.73 bits per heavy atom. The first-order chi connectivity index (χ1) is 15.6. The molecule has 0 bridgehead atoms. The molecule has 0 aliphatic heterocycles. The van der Waals surface area contributed by atoms with Gasteiger partial charge in [0, 0.05) is 12.1 Å². The molecular formula is C23H23N3O6S. The Balaban J connectivity index is 1.99. The van der Waals surface area contributed by atoms with Crippen molar-refractivity contribution in [1.82, 2.24) is 0 Å². The second kappa shape index (κ2) is 9.70. The van der Waals surface area contributed by atoms with E-state index in [0.717, 1.165) is 21.5 Å². The summed E-state index contributed by atoms with van der Waals surface area (Å²) in [5, 5.41) is 13.6. The summed E-state index contributed by atoms with van der Waals surface area (Å²) in [4.78, 5) is 23.5. The molecule has 0 aromatic heterocycles. The van der Waals surface area contributed by atoms with E-state index in [9.17, 15) is 23.3 Å². The summed E-state index contributed by atoms with van der Waals surface area (Å²) in [6.07, 6.45) is 0. The molecule has 1 N–H and O–H groups in total. The van der Waals surface area contributed by atoms with Gasteiger partial charge in [-0.3, -0.25) is 19.2 Å². The van der Waals surface area contributed by atoms with Gasteiger partial charge in [-0.05, 0) is 55.3 Å². The van der Waals surface area contributed by atoms with Crippen molar-refractivity contribution in [3.8, 4) is 5.75 Å². The number of sulfonamides is 1. The lowest BCUT2D eigenvalue weighted by atomic mass is 10.1. The number of benzene rings is 3. The normalized spacial score (nSPS) is 11.0. The van der Waals surface area contributed by atoms with Crippen molar-refractivity contribution < 1.29 is 22.9 Å². The van der Waals surface area contributed by atoms with E-state index in [2.05, 4.69) is 5.32 Å². The maximum absolute atomic E-state index is 13.4. The summed E-state index contributed by atoms with van der Waals surface area (Å²) < 4.78 is 33.0. The third kappa shape index (κ3) is 5.29. The highest BCUT2D eigenvalue weighted by atomic mass is 32.2. The van der Waals surface area contributed by atoms with E-state index in [-0.39, 0.29) is 22.0 Å². The van der Waals surface area contributed by atoms with Gasteiger partial charge in [0.1, 0.15) is 12.3 Å². The number of aryl methyl sites for hydroxylation is 2. The zero-order valence-electron chi connectivity index (χ0n) is 18.3. The van der Waals surface area contributed by atoms with Crippen LogP contribution in [0.15, 0.2) is 71.6 Å². The molecule has 0 heterocycles. The number of nitrogens with one attached hydrogen (secondary N) is 1. The highest BCUT2D eigenvalue weighted by Gasteiger charge is 2.28. The van der Waals surface area contributed by atoms with Crippen LogP contribution in [0, 0.1) is 24.0 Å². The molecule has 1 amide bonds. The van der Waals surface area contributed by atoms with Crippen molar-refractivity contribution in [2.75, 3.05) is 23.3 Å². The standard InChI is InChI=1S/C23H23N3O6S/c1-16-9-10-18(13-17(16)2)25(33(30,31)20-7-5-4-6-8-20)15-23(27)24-21-14-19(26(28)29)11-12-22(21)32-3/h4-14H,15H2,1-3H3,(H,24,27). The molecule has 10 heteroatoms. The predicted octanol–water partition coefficient (Wildman–Crippen LogP) is 4.05. The van der Waals surface area contributed by atoms with Crippen LogP contribution in [-0.4, -0.2) is 32.9 Å². The van der Waals surface area contributed by atoms with E-state index in [0.29, 0.717) is 5.69 Å². The molecule has 9 nitrogen and oxygen atoms in total. The lowest BCUT2D eigenvalue weighted by Gasteiger charge is -2.25. The molecule has 0 fully saturated rings. The number of rotatable bonds is 8. The summed E-state index contributed by atoms with van der Waals surface area (Å²) in [6, 6.07) is 16.6. The maximum atomic E-state index is 13.4. The van der Waals surface area contributed by atoms with Gasteiger partial charge in [-0.15, -0.1) is 0 Å². The largest absolute Gasteiger partial charge is 0.495 e. The first-order valence-electron chi connectivity index (χ1n) is 9.91. The van der Waals surface area contributed by atoms with Gasteiger partial charge in [0.2, 0.25) is 5.91 Å². The molecule has 0 radical (unpaired) electrons. The molecule has 0 aliphatic carbocycles. The molecule has 0 aliphatic rings. The third-order valence-electron chi connectivity index (χ3n) is 5.06. The summed E-state index contributed by atoms with van der Waals surface area (Å²) >= 11 is 0. The number of amides is 1. The van der Waals surface area contributed by atoms with Crippen molar-refractivity contribution in [2.45, 2.75) is 18.7 Å². The van der Waals surface area contributed by atoms with Gasteiger partial charge in [-0.1, -0.05) is 24.3 Å². The van der Waals surface area contributed by atoms with E-state index >= 15 is 0 Å². The van der Waals surface area contributed by atoms with E-state index < -0.39 is 27.4 Å². The minimum absolute atomic E-state index is 0.0314. The number of anilines is 2. The first-order valence-corrected chi connectivity index (χ1v) is 11.3. The predicted molar refractivity (Wildman–Crippen MR) is 125 cm³/mol. The molecule has 3 rings (SSSR count). The average Bonchev–Trinajstić information content (AvgIpc) is 2.79. The number of non-ortho nitro benzene ring substituents is 1. The van der Waals surface area contributed by atoms with Crippen LogP contribution < -0.4 is 14.4 Å². The van der Waals surface area contributed by atoms with Crippen LogP contribution in [-0.2, 0) is 14.8 Å². The van der Waals surface area contributed by atoms with E-state index in [1.165, 1.54) is 31.4 Å². The van der Waals surface area contributed by atoms with Gasteiger partial charge in [-0.2, -0.15) is 0 Å². The fourth-order valence-electron chi connectivity index (χ4n) is 3.14. The lowest BCUT2D eigenvalue weighted by Crippen LogP contribution is -2.38. The Morgan fingerprint density at radius 3 is 2.33 bits per heavy atom. The molecule has 33 heavy (non-hydrogen) atoms. The molecule has 0 saturated carbocycles. The lowest BCUT2D eigenvalue weighted by molar-refractivity contribution is -0.384. The monoisotopic (exact) mass is 469 g/mol. The molecule has 0 saturated heterocycles. The second-order valence-corrected chi connectivity index (χ2v) is 9.15. The second-order valence-electron chi connectivity index (χ2n) is 7.28. The van der Waals surface area contributed by atoms with Gasteiger partial charge in [0.25, 0.3) is 15.7 Å². The minimum Gasteiger partial charge on any atom is -0.495 e. The average molecular weight is 470 g/mol. The number of nitrogens with zero attached hydrogens (tertiary/aromatic N) is 2. The van der Waals surface area contributed by atoms with Crippen molar-refractivity contribution in [3.05, 3.63) is 88.0 Å². The zero-order valence-corrected chi connectivity index (χ0v) is 19.1. The Bertz CT molecular complexity index is 1290. The molecule has 3 aromatic carbocycles. The number of carbonyl (C=O) groups excluding carboxylic acids is 1. The first kappa shape index (κ1) is 23.7. The quantitative estimate of drug-likeness (QED) is 0.393. The van der Waals surface area contributed by atoms with Gasteiger partial charge >= 0.3 is 0 Å². The van der Waals surface area contributed by atoms with Crippen molar-refractivity contribution in [2.24, 2.45) is 0 Å². The number of methoxy groups -OCH3 is 1.